The van der Waals surface area contributed by atoms with E-state index < -0.39 is 0 Å². The van der Waals surface area contributed by atoms with E-state index >= 15 is 0 Å². The molecule has 0 aliphatic carbocycles. The van der Waals surface area contributed by atoms with E-state index in [0.717, 1.165) is 59.7 Å². The molecular formula is C19H24N4OS. The van der Waals surface area contributed by atoms with Crippen molar-refractivity contribution >= 4 is 28.8 Å². The zero-order valence-electron chi connectivity index (χ0n) is 14.9. The number of piperazine rings is 1. The number of pyridine rings is 1. The summed E-state index contributed by atoms with van der Waals surface area (Å²) < 4.78 is 5.94. The standard InChI is InChI=1S/C19H24N4OS/c1-3-6-22-7-9-23(10-8-22)17-5-4-15-11-16(12-24-18(15)21-17)19-20-14(2)13-25-19/h4-5,11,13H,3,6-10,12H2,1-2H3. The quantitative estimate of drug-likeness (QED) is 0.841. The van der Waals surface area contributed by atoms with Crippen molar-refractivity contribution in [1.82, 2.24) is 14.9 Å². The molecular weight excluding hydrogens is 332 g/mol. The molecule has 0 unspecified atom stereocenters. The second-order valence-electron chi connectivity index (χ2n) is 6.64. The highest BCUT2D eigenvalue weighted by Gasteiger charge is 2.21. The zero-order chi connectivity index (χ0) is 17.2. The molecule has 1 fully saturated rings. The average Bonchev–Trinajstić information content (AvgIpc) is 3.08. The maximum absolute atomic E-state index is 5.94. The third-order valence-corrected chi connectivity index (χ3v) is 5.73. The first-order valence-corrected chi connectivity index (χ1v) is 9.85. The molecule has 2 aliphatic rings. The number of aryl methyl sites for hydroxylation is 1. The van der Waals surface area contributed by atoms with Crippen LogP contribution < -0.4 is 9.64 Å². The maximum atomic E-state index is 5.94. The van der Waals surface area contributed by atoms with Gasteiger partial charge in [0.25, 0.3) is 0 Å². The third kappa shape index (κ3) is 3.55. The van der Waals surface area contributed by atoms with E-state index in [4.69, 9.17) is 9.72 Å². The van der Waals surface area contributed by atoms with E-state index in [1.165, 1.54) is 13.0 Å². The Morgan fingerprint density at radius 3 is 2.72 bits per heavy atom. The van der Waals surface area contributed by atoms with Crippen LogP contribution in [0.5, 0.6) is 5.88 Å². The first-order valence-electron chi connectivity index (χ1n) is 8.97. The van der Waals surface area contributed by atoms with Crippen molar-refractivity contribution in [3.8, 4) is 5.88 Å². The number of hydrogen-bond acceptors (Lipinski definition) is 6. The molecule has 2 aromatic heterocycles. The lowest BCUT2D eigenvalue weighted by Gasteiger charge is -2.35. The molecule has 4 heterocycles. The number of ether oxygens (including phenoxy) is 1. The van der Waals surface area contributed by atoms with E-state index in [9.17, 15) is 0 Å². The molecule has 5 nitrogen and oxygen atoms in total. The van der Waals surface area contributed by atoms with Crippen LogP contribution in [0.25, 0.3) is 11.6 Å². The van der Waals surface area contributed by atoms with Gasteiger partial charge in [-0.3, -0.25) is 4.90 Å². The normalized spacial score (nSPS) is 17.8. The first kappa shape index (κ1) is 16.5. The first-order chi connectivity index (χ1) is 12.2. The Kier molecular flexibility index (Phi) is 4.72. The van der Waals surface area contributed by atoms with E-state index in [1.54, 1.807) is 11.3 Å². The smallest absolute Gasteiger partial charge is 0.223 e. The molecule has 2 aliphatic heterocycles. The summed E-state index contributed by atoms with van der Waals surface area (Å²) in [6.07, 6.45) is 3.38. The molecule has 0 amide bonds. The maximum Gasteiger partial charge on any atom is 0.223 e. The fraction of sp³-hybridized carbons (Fsp3) is 0.474. The van der Waals surface area contributed by atoms with Gasteiger partial charge in [0.05, 0.1) is 0 Å². The van der Waals surface area contributed by atoms with Crippen molar-refractivity contribution in [2.24, 2.45) is 0 Å². The van der Waals surface area contributed by atoms with Gasteiger partial charge in [-0.05, 0) is 38.1 Å². The highest BCUT2D eigenvalue weighted by molar-refractivity contribution is 7.10. The minimum absolute atomic E-state index is 0.542. The van der Waals surface area contributed by atoms with Gasteiger partial charge in [0, 0.05) is 48.4 Å². The number of aromatic nitrogens is 2. The van der Waals surface area contributed by atoms with Crippen LogP contribution in [0.1, 0.15) is 29.6 Å². The second-order valence-corrected chi connectivity index (χ2v) is 7.50. The van der Waals surface area contributed by atoms with Crippen LogP contribution in [0.3, 0.4) is 0 Å². The monoisotopic (exact) mass is 356 g/mol. The van der Waals surface area contributed by atoms with Crippen LogP contribution in [0.15, 0.2) is 17.5 Å². The molecule has 132 valence electrons. The van der Waals surface area contributed by atoms with Gasteiger partial charge in [-0.1, -0.05) is 6.92 Å². The van der Waals surface area contributed by atoms with Crippen molar-refractivity contribution in [3.05, 3.63) is 33.8 Å². The summed E-state index contributed by atoms with van der Waals surface area (Å²) in [5.74, 6) is 1.77. The molecule has 0 spiro atoms. The van der Waals surface area contributed by atoms with Crippen LogP contribution in [0, 0.1) is 6.92 Å². The van der Waals surface area contributed by atoms with Crippen LogP contribution >= 0.6 is 11.3 Å². The second kappa shape index (κ2) is 7.14. The summed E-state index contributed by atoms with van der Waals surface area (Å²) in [4.78, 5) is 14.2. The molecule has 4 rings (SSSR count). The summed E-state index contributed by atoms with van der Waals surface area (Å²) in [5, 5.41) is 3.12. The van der Waals surface area contributed by atoms with E-state index in [0.29, 0.717) is 6.61 Å². The number of anilines is 1. The Balaban J connectivity index is 1.49. The fourth-order valence-corrected chi connectivity index (χ4v) is 4.16. The SMILES string of the molecule is CCCN1CCN(c2ccc3c(n2)OCC(c2nc(C)cs2)=C3)CC1. The lowest BCUT2D eigenvalue weighted by atomic mass is 10.1. The molecule has 0 radical (unpaired) electrons. The minimum Gasteiger partial charge on any atom is -0.472 e. The van der Waals surface area contributed by atoms with Gasteiger partial charge in [0.2, 0.25) is 5.88 Å². The molecule has 6 heteroatoms. The van der Waals surface area contributed by atoms with Gasteiger partial charge in [0.1, 0.15) is 17.4 Å². The molecule has 0 atom stereocenters. The van der Waals surface area contributed by atoms with E-state index in [2.05, 4.69) is 45.3 Å². The fourth-order valence-electron chi connectivity index (χ4n) is 3.36. The Bertz CT molecular complexity index is 777. The van der Waals surface area contributed by atoms with Crippen molar-refractivity contribution in [2.45, 2.75) is 20.3 Å². The summed E-state index contributed by atoms with van der Waals surface area (Å²) >= 11 is 1.67. The summed E-state index contributed by atoms with van der Waals surface area (Å²) in [6, 6.07) is 4.24. The average molecular weight is 356 g/mol. The van der Waals surface area contributed by atoms with E-state index in [1.807, 2.05) is 6.92 Å². The highest BCUT2D eigenvalue weighted by atomic mass is 32.1. The number of hydrogen-bond donors (Lipinski definition) is 0. The topological polar surface area (TPSA) is 41.5 Å². The Hall–Kier alpha value is -1.92. The molecule has 0 saturated carbocycles. The van der Waals surface area contributed by atoms with Crippen LogP contribution in [0.4, 0.5) is 5.82 Å². The summed E-state index contributed by atoms with van der Waals surface area (Å²) in [7, 11) is 0. The molecule has 0 bridgehead atoms. The lowest BCUT2D eigenvalue weighted by Crippen LogP contribution is -2.46. The highest BCUT2D eigenvalue weighted by Crippen LogP contribution is 2.32. The number of nitrogens with zero attached hydrogens (tertiary/aromatic N) is 4. The van der Waals surface area contributed by atoms with Gasteiger partial charge in [0.15, 0.2) is 0 Å². The molecule has 1 saturated heterocycles. The minimum atomic E-state index is 0.542. The van der Waals surface area contributed by atoms with Crippen molar-refractivity contribution in [1.29, 1.82) is 0 Å². The molecule has 0 aromatic carbocycles. The Morgan fingerprint density at radius 1 is 1.16 bits per heavy atom. The lowest BCUT2D eigenvalue weighted by molar-refractivity contribution is 0.257. The van der Waals surface area contributed by atoms with Crippen LogP contribution in [-0.4, -0.2) is 54.2 Å². The van der Waals surface area contributed by atoms with Crippen LogP contribution in [0.2, 0.25) is 0 Å². The summed E-state index contributed by atoms with van der Waals surface area (Å²) in [6.45, 7) is 10.3. The van der Waals surface area contributed by atoms with Crippen molar-refractivity contribution in [3.63, 3.8) is 0 Å². The van der Waals surface area contributed by atoms with Gasteiger partial charge in [-0.25, -0.2) is 4.98 Å². The number of fused-ring (bicyclic) bond motifs is 1. The molecule has 25 heavy (non-hydrogen) atoms. The van der Waals surface area contributed by atoms with E-state index in [-0.39, 0.29) is 0 Å². The largest absolute Gasteiger partial charge is 0.472 e. The summed E-state index contributed by atoms with van der Waals surface area (Å²) in [5.41, 5.74) is 3.23. The number of thiazole rings is 1. The predicted molar refractivity (Wildman–Crippen MR) is 103 cm³/mol. The predicted octanol–water partition coefficient (Wildman–Crippen LogP) is 3.31. The van der Waals surface area contributed by atoms with Crippen molar-refractivity contribution in [2.75, 3.05) is 44.2 Å². The Labute approximate surface area is 153 Å². The van der Waals surface area contributed by atoms with Crippen LogP contribution in [-0.2, 0) is 0 Å². The van der Waals surface area contributed by atoms with Gasteiger partial charge in [-0.15, -0.1) is 11.3 Å². The van der Waals surface area contributed by atoms with Gasteiger partial charge < -0.3 is 9.64 Å². The Morgan fingerprint density at radius 2 is 2.00 bits per heavy atom. The van der Waals surface area contributed by atoms with Crippen molar-refractivity contribution < 1.29 is 4.74 Å². The third-order valence-electron chi connectivity index (χ3n) is 4.70. The van der Waals surface area contributed by atoms with Gasteiger partial charge in [-0.2, -0.15) is 4.98 Å². The zero-order valence-corrected chi connectivity index (χ0v) is 15.7. The molecule has 0 N–H and O–H groups in total. The van der Waals surface area contributed by atoms with Gasteiger partial charge >= 0.3 is 0 Å². The number of rotatable bonds is 4. The molecule has 2 aromatic rings.